The molecule has 4 nitrogen and oxygen atoms in total. The lowest BCUT2D eigenvalue weighted by molar-refractivity contribution is -0.122. The van der Waals surface area contributed by atoms with E-state index in [1.165, 1.54) is 6.07 Å². The molecule has 1 aromatic heterocycles. The van der Waals surface area contributed by atoms with Crippen molar-refractivity contribution >= 4 is 11.6 Å². The summed E-state index contributed by atoms with van der Waals surface area (Å²) in [5.74, 6) is -0.528. The number of halogens is 1. The van der Waals surface area contributed by atoms with E-state index in [-0.39, 0.29) is 17.6 Å². The molecule has 2 heterocycles. The number of amides is 1. The Kier molecular flexibility index (Phi) is 5.20. The van der Waals surface area contributed by atoms with Gasteiger partial charge in [-0.3, -0.25) is 14.7 Å². The van der Waals surface area contributed by atoms with Crippen LogP contribution in [0.4, 0.5) is 10.1 Å². The number of nitrogens with one attached hydrogen (secondary N) is 1. The number of carbonyl (C=O) groups excluding carboxylic acids is 1. The number of hydrogen-bond donors (Lipinski definition) is 1. The van der Waals surface area contributed by atoms with E-state index in [1.807, 2.05) is 25.3 Å². The molecule has 1 aromatic carbocycles. The van der Waals surface area contributed by atoms with Gasteiger partial charge in [-0.1, -0.05) is 18.6 Å². The van der Waals surface area contributed by atoms with Gasteiger partial charge in [0.2, 0.25) is 5.91 Å². The number of carbonyl (C=O) groups is 1. The smallest absolute Gasteiger partial charge is 0.241 e. The zero-order valence-corrected chi connectivity index (χ0v) is 13.8. The molecule has 1 aliphatic rings. The first-order valence-electron chi connectivity index (χ1n) is 8.33. The van der Waals surface area contributed by atoms with Crippen molar-refractivity contribution in [1.29, 1.82) is 0 Å². The van der Waals surface area contributed by atoms with E-state index in [2.05, 4.69) is 15.2 Å². The van der Waals surface area contributed by atoms with Crippen LogP contribution in [0.2, 0.25) is 0 Å². The zero-order chi connectivity index (χ0) is 16.9. The van der Waals surface area contributed by atoms with Crippen molar-refractivity contribution in [2.75, 3.05) is 11.9 Å². The first kappa shape index (κ1) is 16.6. The van der Waals surface area contributed by atoms with Crippen molar-refractivity contribution in [3.05, 3.63) is 59.7 Å². The number of likely N-dealkylation sites (tertiary alicyclic amines) is 1. The fourth-order valence-corrected chi connectivity index (χ4v) is 3.14. The molecule has 0 bridgehead atoms. The summed E-state index contributed by atoms with van der Waals surface area (Å²) in [5, 5.41) is 2.75. The lowest BCUT2D eigenvalue weighted by Gasteiger charge is -2.34. The van der Waals surface area contributed by atoms with Gasteiger partial charge in [-0.05, 0) is 55.6 Å². The third-order valence-electron chi connectivity index (χ3n) is 4.41. The molecule has 0 spiro atoms. The van der Waals surface area contributed by atoms with Crippen LogP contribution in [-0.4, -0.2) is 28.4 Å². The Morgan fingerprint density at radius 2 is 2.25 bits per heavy atom. The number of aromatic nitrogens is 1. The molecule has 1 fully saturated rings. The molecule has 1 saturated heterocycles. The molecule has 5 heteroatoms. The van der Waals surface area contributed by atoms with Gasteiger partial charge in [-0.2, -0.15) is 0 Å². The van der Waals surface area contributed by atoms with Gasteiger partial charge in [0.25, 0.3) is 0 Å². The fourth-order valence-electron chi connectivity index (χ4n) is 3.14. The standard InChI is InChI=1S/C19H22FN3O/c1-14-7-8-17(16(20)11-14)22-19(24)18-6-2-3-10-23(18)13-15-5-4-9-21-12-15/h4-5,7-9,11-12,18H,2-3,6,10,13H2,1H3,(H,22,24). The van der Waals surface area contributed by atoms with Gasteiger partial charge >= 0.3 is 0 Å². The van der Waals surface area contributed by atoms with E-state index in [0.29, 0.717) is 6.54 Å². The minimum Gasteiger partial charge on any atom is -0.322 e. The van der Waals surface area contributed by atoms with Crippen molar-refractivity contribution in [2.45, 2.75) is 38.8 Å². The lowest BCUT2D eigenvalue weighted by atomic mass is 10.0. The Balaban J connectivity index is 1.71. The number of nitrogens with zero attached hydrogens (tertiary/aromatic N) is 2. The predicted molar refractivity (Wildman–Crippen MR) is 92.1 cm³/mol. The van der Waals surface area contributed by atoms with Crippen LogP contribution in [0, 0.1) is 12.7 Å². The summed E-state index contributed by atoms with van der Waals surface area (Å²) in [4.78, 5) is 19.0. The van der Waals surface area contributed by atoms with E-state index >= 15 is 0 Å². The number of pyridine rings is 1. The van der Waals surface area contributed by atoms with Crippen LogP contribution in [0.1, 0.15) is 30.4 Å². The van der Waals surface area contributed by atoms with Gasteiger partial charge in [0.15, 0.2) is 0 Å². The molecule has 2 aromatic rings. The van der Waals surface area contributed by atoms with Crippen LogP contribution >= 0.6 is 0 Å². The molecule has 1 unspecified atom stereocenters. The van der Waals surface area contributed by atoms with Gasteiger partial charge in [-0.25, -0.2) is 4.39 Å². The van der Waals surface area contributed by atoms with E-state index < -0.39 is 5.82 Å². The highest BCUT2D eigenvalue weighted by Crippen LogP contribution is 2.22. The first-order chi connectivity index (χ1) is 11.6. The molecule has 0 aliphatic carbocycles. The van der Waals surface area contributed by atoms with E-state index in [9.17, 15) is 9.18 Å². The third kappa shape index (κ3) is 3.97. The fraction of sp³-hybridized carbons (Fsp3) is 0.368. The Labute approximate surface area is 141 Å². The van der Waals surface area contributed by atoms with Crippen LogP contribution < -0.4 is 5.32 Å². The van der Waals surface area contributed by atoms with E-state index in [4.69, 9.17) is 0 Å². The van der Waals surface area contributed by atoms with Gasteiger partial charge in [-0.15, -0.1) is 0 Å². The minimum absolute atomic E-state index is 0.138. The summed E-state index contributed by atoms with van der Waals surface area (Å²) in [6, 6.07) is 8.53. The number of benzene rings is 1. The second kappa shape index (κ2) is 7.53. The highest BCUT2D eigenvalue weighted by Gasteiger charge is 2.29. The van der Waals surface area contributed by atoms with Crippen LogP contribution in [0.15, 0.2) is 42.7 Å². The zero-order valence-electron chi connectivity index (χ0n) is 13.8. The topological polar surface area (TPSA) is 45.2 Å². The molecule has 0 saturated carbocycles. The van der Waals surface area contributed by atoms with Crippen LogP contribution in [0.3, 0.4) is 0 Å². The lowest BCUT2D eigenvalue weighted by Crippen LogP contribution is -2.46. The van der Waals surface area contributed by atoms with Crippen LogP contribution in [0.25, 0.3) is 0 Å². The molecule has 1 aliphatic heterocycles. The first-order valence-corrected chi connectivity index (χ1v) is 8.33. The van der Waals surface area contributed by atoms with Crippen molar-refractivity contribution in [3.63, 3.8) is 0 Å². The number of aryl methyl sites for hydroxylation is 1. The maximum absolute atomic E-state index is 14.0. The monoisotopic (exact) mass is 327 g/mol. The molecule has 1 atom stereocenters. The highest BCUT2D eigenvalue weighted by molar-refractivity contribution is 5.95. The molecule has 24 heavy (non-hydrogen) atoms. The molecule has 126 valence electrons. The number of piperidine rings is 1. The van der Waals surface area contributed by atoms with Crippen molar-refractivity contribution < 1.29 is 9.18 Å². The quantitative estimate of drug-likeness (QED) is 0.934. The number of anilines is 1. The SMILES string of the molecule is Cc1ccc(NC(=O)C2CCCCN2Cc2cccnc2)c(F)c1. The summed E-state index contributed by atoms with van der Waals surface area (Å²) in [7, 11) is 0. The Hall–Kier alpha value is -2.27. The highest BCUT2D eigenvalue weighted by atomic mass is 19.1. The second-order valence-corrected chi connectivity index (χ2v) is 6.32. The Morgan fingerprint density at radius 3 is 3.00 bits per heavy atom. The summed E-state index contributed by atoms with van der Waals surface area (Å²) in [6.07, 6.45) is 6.44. The summed E-state index contributed by atoms with van der Waals surface area (Å²) in [5.41, 5.74) is 2.16. The minimum atomic E-state index is -0.391. The summed E-state index contributed by atoms with van der Waals surface area (Å²) >= 11 is 0. The predicted octanol–water partition coefficient (Wildman–Crippen LogP) is 3.52. The number of hydrogen-bond acceptors (Lipinski definition) is 3. The molecular weight excluding hydrogens is 305 g/mol. The second-order valence-electron chi connectivity index (χ2n) is 6.32. The average molecular weight is 327 g/mol. The van der Waals surface area contributed by atoms with Gasteiger partial charge < -0.3 is 5.32 Å². The van der Waals surface area contributed by atoms with Gasteiger partial charge in [0, 0.05) is 18.9 Å². The van der Waals surface area contributed by atoms with Gasteiger partial charge in [0.1, 0.15) is 5.82 Å². The van der Waals surface area contributed by atoms with Crippen molar-refractivity contribution in [1.82, 2.24) is 9.88 Å². The summed E-state index contributed by atoms with van der Waals surface area (Å²) in [6.45, 7) is 3.37. The van der Waals surface area contributed by atoms with Gasteiger partial charge in [0.05, 0.1) is 11.7 Å². The Bertz CT molecular complexity index is 705. The van der Waals surface area contributed by atoms with Crippen molar-refractivity contribution in [3.8, 4) is 0 Å². The van der Waals surface area contributed by atoms with Crippen LogP contribution in [-0.2, 0) is 11.3 Å². The molecular formula is C19H22FN3O. The van der Waals surface area contributed by atoms with Crippen LogP contribution in [0.5, 0.6) is 0 Å². The molecule has 0 radical (unpaired) electrons. The maximum atomic E-state index is 14.0. The molecule has 3 rings (SSSR count). The molecule has 1 amide bonds. The van der Waals surface area contributed by atoms with E-state index in [0.717, 1.165) is 36.9 Å². The average Bonchev–Trinajstić information content (AvgIpc) is 2.59. The summed E-state index contributed by atoms with van der Waals surface area (Å²) < 4.78 is 14.0. The largest absolute Gasteiger partial charge is 0.322 e. The molecule has 1 N–H and O–H groups in total. The number of rotatable bonds is 4. The van der Waals surface area contributed by atoms with Crippen molar-refractivity contribution in [2.24, 2.45) is 0 Å². The normalized spacial score (nSPS) is 18.3. The third-order valence-corrected chi connectivity index (χ3v) is 4.41. The maximum Gasteiger partial charge on any atom is 0.241 e. The van der Waals surface area contributed by atoms with E-state index in [1.54, 1.807) is 18.3 Å². The Morgan fingerprint density at radius 1 is 1.38 bits per heavy atom.